The van der Waals surface area contributed by atoms with Crippen LogP contribution in [0.25, 0.3) is 0 Å². The minimum absolute atomic E-state index is 0.275. The van der Waals surface area contributed by atoms with Crippen molar-refractivity contribution < 1.29 is 9.53 Å². The van der Waals surface area contributed by atoms with Gasteiger partial charge in [-0.15, -0.1) is 0 Å². The molecule has 1 N–H and O–H groups in total. The Kier molecular flexibility index (Phi) is 5.40. The van der Waals surface area contributed by atoms with E-state index < -0.39 is 0 Å². The number of carbonyl (C=O) groups excluding carboxylic acids is 1. The summed E-state index contributed by atoms with van der Waals surface area (Å²) in [6.45, 7) is 4.39. The Hall–Kier alpha value is -1.35. The van der Waals surface area contributed by atoms with Gasteiger partial charge >= 0.3 is 0 Å². The van der Waals surface area contributed by atoms with E-state index in [0.717, 1.165) is 51.1 Å². The number of rotatable bonds is 7. The van der Waals surface area contributed by atoms with E-state index in [4.69, 9.17) is 4.74 Å². The first-order chi connectivity index (χ1) is 9.25. The number of ether oxygens (including phenoxy) is 1. The molecule has 0 unspecified atom stereocenters. The maximum absolute atomic E-state index is 10.8. The number of Topliss-reactive ketones (excluding diaryl/α,β-unsaturated/α-hetero) is 1. The summed E-state index contributed by atoms with van der Waals surface area (Å²) in [6, 6.07) is 6.52. The highest BCUT2D eigenvalue weighted by atomic mass is 16.5. The molecule has 0 saturated carbocycles. The summed E-state index contributed by atoms with van der Waals surface area (Å²) >= 11 is 0. The molecule has 104 valence electrons. The molecule has 0 fully saturated rings. The van der Waals surface area contributed by atoms with Crippen molar-refractivity contribution in [2.75, 3.05) is 19.7 Å². The Morgan fingerprint density at radius 2 is 2.26 bits per heavy atom. The topological polar surface area (TPSA) is 38.3 Å². The van der Waals surface area contributed by atoms with Gasteiger partial charge in [0.05, 0.1) is 6.61 Å². The van der Waals surface area contributed by atoms with Gasteiger partial charge in [0.15, 0.2) is 0 Å². The van der Waals surface area contributed by atoms with Crippen LogP contribution in [0.2, 0.25) is 0 Å². The van der Waals surface area contributed by atoms with Crippen molar-refractivity contribution >= 4 is 5.78 Å². The molecule has 1 aliphatic rings. The van der Waals surface area contributed by atoms with E-state index in [-0.39, 0.29) is 5.78 Å². The second kappa shape index (κ2) is 7.29. The fourth-order valence-corrected chi connectivity index (χ4v) is 2.39. The number of hydrogen-bond donors (Lipinski definition) is 1. The average molecular weight is 261 g/mol. The number of aryl methyl sites for hydroxylation is 1. The van der Waals surface area contributed by atoms with E-state index in [1.807, 2.05) is 0 Å². The molecule has 3 nitrogen and oxygen atoms in total. The smallest absolute Gasteiger partial charge is 0.129 e. The van der Waals surface area contributed by atoms with Crippen molar-refractivity contribution in [1.82, 2.24) is 5.32 Å². The normalized spacial score (nSPS) is 13.7. The van der Waals surface area contributed by atoms with Gasteiger partial charge < -0.3 is 14.8 Å². The summed E-state index contributed by atoms with van der Waals surface area (Å²) in [5.41, 5.74) is 2.71. The number of nitrogens with one attached hydrogen (secondary N) is 1. The standard InChI is InChI=1S/C16H23NO2/c1-13(18)4-2-9-17-10-8-14-6-7-16-15(12-14)5-3-11-19-16/h6-7,12,17H,2-5,8-11H2,1H3. The van der Waals surface area contributed by atoms with E-state index in [2.05, 4.69) is 23.5 Å². The zero-order valence-corrected chi connectivity index (χ0v) is 11.7. The summed E-state index contributed by atoms with van der Waals surface area (Å²) in [4.78, 5) is 10.8. The predicted octanol–water partition coefficient (Wildman–Crippen LogP) is 2.51. The first kappa shape index (κ1) is 14.1. The highest BCUT2D eigenvalue weighted by molar-refractivity contribution is 5.75. The molecule has 0 atom stereocenters. The van der Waals surface area contributed by atoms with Crippen LogP contribution < -0.4 is 10.1 Å². The molecule has 0 saturated heterocycles. The lowest BCUT2D eigenvalue weighted by Gasteiger charge is -2.17. The van der Waals surface area contributed by atoms with Crippen LogP contribution in [-0.4, -0.2) is 25.5 Å². The minimum Gasteiger partial charge on any atom is -0.493 e. The molecule has 0 aliphatic carbocycles. The summed E-state index contributed by atoms with van der Waals surface area (Å²) < 4.78 is 5.61. The predicted molar refractivity (Wildman–Crippen MR) is 76.7 cm³/mol. The Morgan fingerprint density at radius 1 is 1.37 bits per heavy atom. The Balaban J connectivity index is 1.70. The first-order valence-corrected chi connectivity index (χ1v) is 7.20. The van der Waals surface area contributed by atoms with Gasteiger partial charge in [-0.05, 0) is 62.9 Å². The SMILES string of the molecule is CC(=O)CCCNCCc1ccc2c(c1)CCCO2. The molecule has 0 amide bonds. The minimum atomic E-state index is 0.275. The van der Waals surface area contributed by atoms with E-state index in [1.165, 1.54) is 11.1 Å². The Morgan fingerprint density at radius 3 is 3.11 bits per heavy atom. The van der Waals surface area contributed by atoms with E-state index in [1.54, 1.807) is 6.92 Å². The molecule has 2 rings (SSSR count). The lowest BCUT2D eigenvalue weighted by molar-refractivity contribution is -0.117. The number of benzene rings is 1. The Labute approximate surface area is 115 Å². The average Bonchev–Trinajstić information content (AvgIpc) is 2.42. The summed E-state index contributed by atoms with van der Waals surface area (Å²) in [5.74, 6) is 1.33. The highest BCUT2D eigenvalue weighted by Crippen LogP contribution is 2.25. The molecular formula is C16H23NO2. The molecule has 0 radical (unpaired) electrons. The third-order valence-electron chi connectivity index (χ3n) is 3.45. The molecule has 1 heterocycles. The number of fused-ring (bicyclic) bond motifs is 1. The van der Waals surface area contributed by atoms with Gasteiger partial charge in [0.1, 0.15) is 11.5 Å². The second-order valence-corrected chi connectivity index (χ2v) is 5.20. The summed E-state index contributed by atoms with van der Waals surface area (Å²) in [5, 5.41) is 3.39. The fraction of sp³-hybridized carbons (Fsp3) is 0.562. The molecule has 0 bridgehead atoms. The fourth-order valence-electron chi connectivity index (χ4n) is 2.39. The third kappa shape index (κ3) is 4.67. The van der Waals surface area contributed by atoms with Crippen LogP contribution in [0.5, 0.6) is 5.75 Å². The quantitative estimate of drug-likeness (QED) is 0.766. The zero-order chi connectivity index (χ0) is 13.5. The van der Waals surface area contributed by atoms with E-state index in [0.29, 0.717) is 6.42 Å². The monoisotopic (exact) mass is 261 g/mol. The van der Waals surface area contributed by atoms with Crippen LogP contribution in [-0.2, 0) is 17.6 Å². The van der Waals surface area contributed by atoms with Crippen LogP contribution in [0.3, 0.4) is 0 Å². The molecule has 0 aromatic heterocycles. The molecule has 19 heavy (non-hydrogen) atoms. The van der Waals surface area contributed by atoms with Crippen molar-refractivity contribution in [3.8, 4) is 5.75 Å². The Bertz CT molecular complexity index is 429. The molecule has 1 aromatic rings. The highest BCUT2D eigenvalue weighted by Gasteiger charge is 2.10. The number of hydrogen-bond acceptors (Lipinski definition) is 3. The maximum Gasteiger partial charge on any atom is 0.129 e. The van der Waals surface area contributed by atoms with Crippen LogP contribution in [0.15, 0.2) is 18.2 Å². The molecule has 0 spiro atoms. The molecular weight excluding hydrogens is 238 g/mol. The van der Waals surface area contributed by atoms with Crippen LogP contribution in [0, 0.1) is 0 Å². The molecule has 3 heteroatoms. The van der Waals surface area contributed by atoms with Crippen molar-refractivity contribution in [1.29, 1.82) is 0 Å². The zero-order valence-electron chi connectivity index (χ0n) is 11.7. The van der Waals surface area contributed by atoms with Crippen molar-refractivity contribution in [3.63, 3.8) is 0 Å². The molecule has 1 aromatic carbocycles. The van der Waals surface area contributed by atoms with Gasteiger partial charge in [0.2, 0.25) is 0 Å². The largest absolute Gasteiger partial charge is 0.493 e. The van der Waals surface area contributed by atoms with Crippen molar-refractivity contribution in [2.45, 2.75) is 39.0 Å². The van der Waals surface area contributed by atoms with Crippen molar-refractivity contribution in [3.05, 3.63) is 29.3 Å². The van der Waals surface area contributed by atoms with Gasteiger partial charge in [0, 0.05) is 6.42 Å². The van der Waals surface area contributed by atoms with Gasteiger partial charge in [-0.25, -0.2) is 0 Å². The summed E-state index contributed by atoms with van der Waals surface area (Å²) in [7, 11) is 0. The van der Waals surface area contributed by atoms with Gasteiger partial charge in [-0.2, -0.15) is 0 Å². The lowest BCUT2D eigenvalue weighted by atomic mass is 10.0. The van der Waals surface area contributed by atoms with Crippen LogP contribution >= 0.6 is 0 Å². The van der Waals surface area contributed by atoms with E-state index >= 15 is 0 Å². The van der Waals surface area contributed by atoms with Crippen LogP contribution in [0.4, 0.5) is 0 Å². The third-order valence-corrected chi connectivity index (χ3v) is 3.45. The first-order valence-electron chi connectivity index (χ1n) is 7.20. The summed E-state index contributed by atoms with van der Waals surface area (Å²) in [6.07, 6.45) is 4.92. The van der Waals surface area contributed by atoms with Crippen molar-refractivity contribution in [2.24, 2.45) is 0 Å². The van der Waals surface area contributed by atoms with E-state index in [9.17, 15) is 4.79 Å². The van der Waals surface area contributed by atoms with Gasteiger partial charge in [-0.1, -0.05) is 12.1 Å². The number of ketones is 1. The van der Waals surface area contributed by atoms with Gasteiger partial charge in [-0.3, -0.25) is 0 Å². The molecule has 1 aliphatic heterocycles. The second-order valence-electron chi connectivity index (χ2n) is 5.20. The van der Waals surface area contributed by atoms with Gasteiger partial charge in [0.25, 0.3) is 0 Å². The number of carbonyl (C=O) groups is 1. The maximum atomic E-state index is 10.8. The van der Waals surface area contributed by atoms with Crippen LogP contribution in [0.1, 0.15) is 37.3 Å². The lowest BCUT2D eigenvalue weighted by Crippen LogP contribution is -2.19.